The Kier molecular flexibility index (Phi) is 13.4. The van der Waals surface area contributed by atoms with Crippen molar-refractivity contribution < 1.29 is 28.5 Å². The van der Waals surface area contributed by atoms with E-state index < -0.39 is 23.8 Å². The van der Waals surface area contributed by atoms with Crippen LogP contribution >= 0.6 is 23.5 Å². The number of nitrogens with two attached hydrogens (primary N) is 2. The fourth-order valence-corrected chi connectivity index (χ4v) is 6.69. The average Bonchev–Trinajstić information content (AvgIpc) is 3.66. The third kappa shape index (κ3) is 10.8. The van der Waals surface area contributed by atoms with Gasteiger partial charge in [0, 0.05) is 36.7 Å². The van der Waals surface area contributed by atoms with Gasteiger partial charge in [-0.1, -0.05) is 38.5 Å². The molecule has 4 heterocycles. The number of hydrogen-bond donors (Lipinski definition) is 2. The standard InChI is InChI=1S/C28H40N6O8S2/c29-19-11-13-33(27(37)31-19)21-17-43-25(41-21)15-39-23(35)9-7-5-3-1-2-4-6-8-10-24(36)40-16-26-42-22(18-44-26)34-14-12-20(30)32-28(34)38/h11-14,21-22,25-26H,1-10,15-18H2,(H2,29,31,37)(H2,30,32,38)/t21-,22+,25+,26-. The van der Waals surface area contributed by atoms with Crippen molar-refractivity contribution in [2.75, 3.05) is 36.2 Å². The number of thioether (sulfide) groups is 2. The summed E-state index contributed by atoms with van der Waals surface area (Å²) in [4.78, 5) is 55.5. The monoisotopic (exact) mass is 652 g/mol. The summed E-state index contributed by atoms with van der Waals surface area (Å²) in [6.07, 6.45) is 10.6. The van der Waals surface area contributed by atoms with Crippen LogP contribution in [0.3, 0.4) is 0 Å². The highest BCUT2D eigenvalue weighted by molar-refractivity contribution is 8.00. The normalized spacial score (nSPS) is 21.4. The molecule has 14 nitrogen and oxygen atoms in total. The van der Waals surface area contributed by atoms with Gasteiger partial charge in [-0.2, -0.15) is 9.97 Å². The van der Waals surface area contributed by atoms with Gasteiger partial charge in [-0.25, -0.2) is 9.59 Å². The summed E-state index contributed by atoms with van der Waals surface area (Å²) in [6, 6.07) is 3.08. The highest BCUT2D eigenvalue weighted by atomic mass is 32.2. The van der Waals surface area contributed by atoms with Gasteiger partial charge in [0.25, 0.3) is 0 Å². The molecule has 0 spiro atoms. The quantitative estimate of drug-likeness (QED) is 0.187. The number of nitrogens with zero attached hydrogens (tertiary/aromatic N) is 4. The lowest BCUT2D eigenvalue weighted by Crippen LogP contribution is -2.29. The second-order valence-corrected chi connectivity index (χ2v) is 12.9. The topological polar surface area (TPSA) is 193 Å². The molecule has 2 aliphatic rings. The fourth-order valence-electron chi connectivity index (χ4n) is 4.71. The van der Waals surface area contributed by atoms with Gasteiger partial charge in [0.05, 0.1) is 0 Å². The number of anilines is 2. The Balaban J connectivity index is 0.937. The van der Waals surface area contributed by atoms with E-state index in [0.29, 0.717) is 24.3 Å². The molecule has 0 bridgehead atoms. The smallest absolute Gasteiger partial charge is 0.351 e. The molecule has 44 heavy (non-hydrogen) atoms. The predicted octanol–water partition coefficient (Wildman–Crippen LogP) is 2.83. The van der Waals surface area contributed by atoms with Crippen LogP contribution in [0.15, 0.2) is 34.1 Å². The summed E-state index contributed by atoms with van der Waals surface area (Å²) < 4.78 is 25.1. The second-order valence-electron chi connectivity index (χ2n) is 10.5. The van der Waals surface area contributed by atoms with E-state index in [2.05, 4.69) is 9.97 Å². The third-order valence-electron chi connectivity index (χ3n) is 7.06. The number of unbranched alkanes of at least 4 members (excludes halogenated alkanes) is 7. The molecule has 2 saturated heterocycles. The molecular formula is C28H40N6O8S2. The van der Waals surface area contributed by atoms with E-state index >= 15 is 0 Å². The Bertz CT molecular complexity index is 1260. The van der Waals surface area contributed by atoms with Crippen molar-refractivity contribution in [1.82, 2.24) is 19.1 Å². The minimum absolute atomic E-state index is 0.142. The van der Waals surface area contributed by atoms with Crippen molar-refractivity contribution in [3.05, 3.63) is 45.5 Å². The number of aromatic nitrogens is 4. The van der Waals surface area contributed by atoms with Gasteiger partial charge in [0.15, 0.2) is 0 Å². The predicted molar refractivity (Wildman–Crippen MR) is 167 cm³/mol. The molecule has 0 aliphatic carbocycles. The first-order chi connectivity index (χ1) is 21.3. The first kappa shape index (κ1) is 33.8. The minimum Gasteiger partial charge on any atom is -0.462 e. The van der Waals surface area contributed by atoms with E-state index in [9.17, 15) is 19.2 Å². The zero-order valence-corrected chi connectivity index (χ0v) is 26.2. The maximum Gasteiger partial charge on any atom is 0.351 e. The van der Waals surface area contributed by atoms with Gasteiger partial charge in [0.1, 0.15) is 48.2 Å². The van der Waals surface area contributed by atoms with Crippen LogP contribution in [0, 0.1) is 0 Å². The molecule has 0 aromatic carbocycles. The zero-order chi connectivity index (χ0) is 31.3. The van der Waals surface area contributed by atoms with Gasteiger partial charge in [-0.05, 0) is 25.0 Å². The van der Waals surface area contributed by atoms with Gasteiger partial charge >= 0.3 is 23.3 Å². The second kappa shape index (κ2) is 17.4. The molecular weight excluding hydrogens is 612 g/mol. The van der Waals surface area contributed by atoms with Gasteiger partial charge in [0.2, 0.25) is 0 Å². The van der Waals surface area contributed by atoms with Gasteiger partial charge in [-0.3, -0.25) is 18.7 Å². The van der Waals surface area contributed by atoms with E-state index in [1.807, 2.05) is 0 Å². The summed E-state index contributed by atoms with van der Waals surface area (Å²) >= 11 is 2.98. The summed E-state index contributed by atoms with van der Waals surface area (Å²) in [5.74, 6) is 0.947. The molecule has 2 fully saturated rings. The Labute approximate surface area is 263 Å². The van der Waals surface area contributed by atoms with Crippen molar-refractivity contribution in [2.45, 2.75) is 87.5 Å². The van der Waals surface area contributed by atoms with Crippen LogP contribution in [0.25, 0.3) is 0 Å². The molecule has 0 amide bonds. The molecule has 2 aliphatic heterocycles. The first-order valence-corrected chi connectivity index (χ1v) is 16.9. The minimum atomic E-state index is -0.469. The molecule has 0 radical (unpaired) electrons. The van der Waals surface area contributed by atoms with Crippen LogP contribution in [-0.2, 0) is 28.5 Å². The Morgan fingerprint density at radius 3 is 1.50 bits per heavy atom. The lowest BCUT2D eigenvalue weighted by Gasteiger charge is -2.14. The number of esters is 2. The zero-order valence-electron chi connectivity index (χ0n) is 24.5. The molecule has 4 N–H and O–H groups in total. The Hall–Kier alpha value is -3.08. The van der Waals surface area contributed by atoms with Crippen LogP contribution in [0.5, 0.6) is 0 Å². The summed E-state index contributed by atoms with van der Waals surface area (Å²) in [6.45, 7) is 0.284. The molecule has 242 valence electrons. The van der Waals surface area contributed by atoms with Crippen molar-refractivity contribution in [3.63, 3.8) is 0 Å². The maximum atomic E-state index is 12.1. The number of ether oxygens (including phenoxy) is 4. The Morgan fingerprint density at radius 1 is 0.727 bits per heavy atom. The highest BCUT2D eigenvalue weighted by Crippen LogP contribution is 2.32. The van der Waals surface area contributed by atoms with E-state index in [0.717, 1.165) is 51.4 Å². The molecule has 2 aromatic heterocycles. The third-order valence-corrected chi connectivity index (χ3v) is 9.26. The van der Waals surface area contributed by atoms with Crippen molar-refractivity contribution in [1.29, 1.82) is 0 Å². The largest absolute Gasteiger partial charge is 0.462 e. The average molecular weight is 653 g/mol. The molecule has 0 unspecified atom stereocenters. The summed E-state index contributed by atoms with van der Waals surface area (Å²) in [5, 5.41) is 0. The van der Waals surface area contributed by atoms with Crippen LogP contribution in [0.4, 0.5) is 11.6 Å². The number of hydrogen-bond acceptors (Lipinski definition) is 14. The lowest BCUT2D eigenvalue weighted by molar-refractivity contribution is -0.147. The van der Waals surface area contributed by atoms with E-state index in [1.165, 1.54) is 32.7 Å². The molecule has 0 saturated carbocycles. The molecule has 4 atom stereocenters. The Morgan fingerprint density at radius 2 is 1.11 bits per heavy atom. The number of carbonyl (C=O) groups excluding carboxylic acids is 2. The van der Waals surface area contributed by atoms with E-state index in [4.69, 9.17) is 30.4 Å². The molecule has 4 rings (SSSR count). The van der Waals surface area contributed by atoms with E-state index in [-0.39, 0.29) is 47.7 Å². The van der Waals surface area contributed by atoms with Crippen molar-refractivity contribution in [3.8, 4) is 0 Å². The van der Waals surface area contributed by atoms with Crippen LogP contribution in [0.2, 0.25) is 0 Å². The highest BCUT2D eigenvalue weighted by Gasteiger charge is 2.30. The summed E-state index contributed by atoms with van der Waals surface area (Å²) in [7, 11) is 0. The molecule has 16 heteroatoms. The van der Waals surface area contributed by atoms with Crippen LogP contribution in [0.1, 0.15) is 76.7 Å². The number of carbonyl (C=O) groups is 2. The van der Waals surface area contributed by atoms with Crippen LogP contribution < -0.4 is 22.8 Å². The summed E-state index contributed by atoms with van der Waals surface area (Å²) in [5.41, 5.74) is 9.46. The van der Waals surface area contributed by atoms with Crippen LogP contribution in [-0.4, -0.2) is 66.6 Å². The SMILES string of the molecule is Nc1ccn([C@@H]2CS[C@H](COC(=O)CCCCCCCCCCC(=O)OC[C@H]3O[C@@H](n4ccc(N)nc4=O)CS3)O2)c(=O)n1. The maximum absolute atomic E-state index is 12.1. The number of nitrogen functional groups attached to an aromatic ring is 2. The van der Waals surface area contributed by atoms with Gasteiger partial charge in [-0.15, -0.1) is 23.5 Å². The van der Waals surface area contributed by atoms with E-state index in [1.54, 1.807) is 24.5 Å². The van der Waals surface area contributed by atoms with Gasteiger partial charge < -0.3 is 30.4 Å². The first-order valence-electron chi connectivity index (χ1n) is 14.8. The van der Waals surface area contributed by atoms with Crippen molar-refractivity contribution in [2.24, 2.45) is 0 Å². The molecule has 2 aromatic rings. The fraction of sp³-hybridized carbons (Fsp3) is 0.643. The lowest BCUT2D eigenvalue weighted by atomic mass is 10.1. The number of rotatable bonds is 17. The van der Waals surface area contributed by atoms with Crippen molar-refractivity contribution >= 4 is 47.1 Å².